The molecule has 0 bridgehead atoms. The predicted molar refractivity (Wildman–Crippen MR) is 38.1 cm³/mol. The van der Waals surface area contributed by atoms with Crippen molar-refractivity contribution in [3.8, 4) is 0 Å². The molecule has 0 saturated heterocycles. The Labute approximate surface area is 56.1 Å². The Morgan fingerprint density at radius 2 is 2.11 bits per heavy atom. The van der Waals surface area contributed by atoms with Crippen molar-refractivity contribution in [2.24, 2.45) is 11.8 Å². The fourth-order valence-corrected chi connectivity index (χ4v) is 0.525. The first-order chi connectivity index (χ1) is 4.22. The van der Waals surface area contributed by atoms with Gasteiger partial charge in [-0.25, -0.2) is 0 Å². The highest BCUT2D eigenvalue weighted by atomic mass is 16.1. The minimum Gasteiger partial charge on any atom is -0.303 e. The van der Waals surface area contributed by atoms with Crippen LogP contribution in [-0.4, -0.2) is 6.29 Å². The third-order valence-corrected chi connectivity index (χ3v) is 1.24. The first-order valence-electron chi connectivity index (χ1n) is 3.03. The Hall–Kier alpha value is -0.810. The van der Waals surface area contributed by atoms with E-state index >= 15 is 0 Å². The zero-order valence-corrected chi connectivity index (χ0v) is 5.92. The molecule has 0 aromatic carbocycles. The van der Waals surface area contributed by atoms with Gasteiger partial charge in [-0.1, -0.05) is 20.4 Å². The van der Waals surface area contributed by atoms with Gasteiger partial charge in [0.05, 0.1) is 0 Å². The van der Waals surface area contributed by atoms with E-state index < -0.39 is 0 Å². The minimum absolute atomic E-state index is 0.0116. The van der Waals surface area contributed by atoms with Gasteiger partial charge >= 0.3 is 0 Å². The van der Waals surface area contributed by atoms with Gasteiger partial charge in [-0.3, -0.25) is 0 Å². The van der Waals surface area contributed by atoms with Gasteiger partial charge in [-0.05, 0) is 12.0 Å². The van der Waals surface area contributed by atoms with E-state index in [4.69, 9.17) is 0 Å². The third kappa shape index (κ3) is 2.89. The van der Waals surface area contributed by atoms with E-state index in [0.29, 0.717) is 5.92 Å². The van der Waals surface area contributed by atoms with Gasteiger partial charge < -0.3 is 4.79 Å². The van der Waals surface area contributed by atoms with Gasteiger partial charge in [0.1, 0.15) is 6.29 Å². The van der Waals surface area contributed by atoms with E-state index in [1.165, 1.54) is 0 Å². The SMILES string of the molecule is C=C=CC(C=O)C(C)C. The van der Waals surface area contributed by atoms with Crippen molar-refractivity contribution in [1.29, 1.82) is 0 Å². The van der Waals surface area contributed by atoms with Crippen LogP contribution in [-0.2, 0) is 4.79 Å². The summed E-state index contributed by atoms with van der Waals surface area (Å²) in [5.74, 6) is 0.347. The van der Waals surface area contributed by atoms with E-state index in [2.05, 4.69) is 12.3 Å². The summed E-state index contributed by atoms with van der Waals surface area (Å²) in [6, 6.07) is 0. The van der Waals surface area contributed by atoms with E-state index in [-0.39, 0.29) is 5.92 Å². The first kappa shape index (κ1) is 8.19. The maximum Gasteiger partial charge on any atom is 0.127 e. The topological polar surface area (TPSA) is 17.1 Å². The highest BCUT2D eigenvalue weighted by molar-refractivity contribution is 5.56. The molecule has 0 heterocycles. The Kier molecular flexibility index (Phi) is 3.74. The molecule has 1 atom stereocenters. The quantitative estimate of drug-likeness (QED) is 0.414. The average molecular weight is 124 g/mol. The predicted octanol–water partition coefficient (Wildman–Crippen LogP) is 1.80. The zero-order valence-electron chi connectivity index (χ0n) is 5.92. The zero-order chi connectivity index (χ0) is 7.28. The number of allylic oxidation sites excluding steroid dienone is 1. The van der Waals surface area contributed by atoms with Crippen LogP contribution in [0.4, 0.5) is 0 Å². The van der Waals surface area contributed by atoms with Crippen LogP contribution >= 0.6 is 0 Å². The van der Waals surface area contributed by atoms with Crippen LogP contribution in [0.2, 0.25) is 0 Å². The van der Waals surface area contributed by atoms with Crippen LogP contribution in [0.1, 0.15) is 13.8 Å². The molecule has 0 aliphatic carbocycles. The van der Waals surface area contributed by atoms with Crippen molar-refractivity contribution in [3.05, 3.63) is 18.4 Å². The number of carbonyl (C=O) groups is 1. The Balaban J connectivity index is 3.97. The molecule has 0 aliphatic rings. The van der Waals surface area contributed by atoms with Gasteiger partial charge in [0.2, 0.25) is 0 Å². The summed E-state index contributed by atoms with van der Waals surface area (Å²) in [6.07, 6.45) is 2.61. The molecule has 0 radical (unpaired) electrons. The molecule has 0 aliphatic heterocycles. The summed E-state index contributed by atoms with van der Waals surface area (Å²) in [6.45, 7) is 7.38. The molecule has 0 fully saturated rings. The van der Waals surface area contributed by atoms with Crippen LogP contribution in [0.5, 0.6) is 0 Å². The van der Waals surface area contributed by atoms with Crippen LogP contribution in [0.25, 0.3) is 0 Å². The van der Waals surface area contributed by atoms with Crippen molar-refractivity contribution in [3.63, 3.8) is 0 Å². The molecule has 0 aromatic rings. The van der Waals surface area contributed by atoms with E-state index in [9.17, 15) is 4.79 Å². The van der Waals surface area contributed by atoms with Crippen molar-refractivity contribution in [2.75, 3.05) is 0 Å². The van der Waals surface area contributed by atoms with Crippen LogP contribution in [0.3, 0.4) is 0 Å². The summed E-state index contributed by atoms with van der Waals surface area (Å²) in [7, 11) is 0. The number of aldehydes is 1. The fourth-order valence-electron chi connectivity index (χ4n) is 0.525. The molecular formula is C8H12O. The van der Waals surface area contributed by atoms with Gasteiger partial charge in [-0.15, -0.1) is 5.73 Å². The Morgan fingerprint density at radius 1 is 1.56 bits per heavy atom. The molecular weight excluding hydrogens is 112 g/mol. The maximum atomic E-state index is 10.2. The molecule has 0 amide bonds. The Morgan fingerprint density at radius 3 is 2.22 bits per heavy atom. The molecule has 0 N–H and O–H groups in total. The minimum atomic E-state index is -0.0116. The molecule has 50 valence electrons. The summed E-state index contributed by atoms with van der Waals surface area (Å²) in [5, 5.41) is 0. The summed E-state index contributed by atoms with van der Waals surface area (Å²) >= 11 is 0. The van der Waals surface area contributed by atoms with Crippen molar-refractivity contribution in [1.82, 2.24) is 0 Å². The summed E-state index contributed by atoms with van der Waals surface area (Å²) in [4.78, 5) is 10.2. The monoisotopic (exact) mass is 124 g/mol. The molecule has 1 heteroatoms. The molecule has 0 rings (SSSR count). The van der Waals surface area contributed by atoms with E-state index in [1.54, 1.807) is 6.08 Å². The summed E-state index contributed by atoms with van der Waals surface area (Å²) in [5.41, 5.74) is 2.59. The number of hydrogen-bond donors (Lipinski definition) is 0. The lowest BCUT2D eigenvalue weighted by Crippen LogP contribution is -2.05. The normalized spacial score (nSPS) is 12.3. The average Bonchev–Trinajstić information content (AvgIpc) is 1.82. The lowest BCUT2D eigenvalue weighted by molar-refractivity contribution is -0.110. The molecule has 0 spiro atoms. The lowest BCUT2D eigenvalue weighted by atomic mass is 9.98. The molecule has 9 heavy (non-hydrogen) atoms. The van der Waals surface area contributed by atoms with E-state index in [0.717, 1.165) is 6.29 Å². The number of hydrogen-bond acceptors (Lipinski definition) is 1. The Bertz CT molecular complexity index is 130. The lowest BCUT2D eigenvalue weighted by Gasteiger charge is -2.05. The second kappa shape index (κ2) is 4.11. The summed E-state index contributed by atoms with van der Waals surface area (Å²) < 4.78 is 0. The molecule has 0 saturated carbocycles. The highest BCUT2D eigenvalue weighted by Crippen LogP contribution is 2.07. The number of carbonyl (C=O) groups excluding carboxylic acids is 1. The van der Waals surface area contributed by atoms with Crippen molar-refractivity contribution in [2.45, 2.75) is 13.8 Å². The van der Waals surface area contributed by atoms with E-state index in [1.807, 2.05) is 13.8 Å². The third-order valence-electron chi connectivity index (χ3n) is 1.24. The molecule has 0 aromatic heterocycles. The first-order valence-corrected chi connectivity index (χ1v) is 3.03. The second-order valence-corrected chi connectivity index (χ2v) is 2.33. The van der Waals surface area contributed by atoms with Gasteiger partial charge in [0.25, 0.3) is 0 Å². The molecule has 1 nitrogen and oxygen atoms in total. The standard InChI is InChI=1S/C8H12O/c1-4-5-8(6-9)7(2)3/h5-8H,1H2,2-3H3. The van der Waals surface area contributed by atoms with Crippen molar-refractivity contribution < 1.29 is 4.79 Å². The van der Waals surface area contributed by atoms with Crippen LogP contribution in [0.15, 0.2) is 18.4 Å². The fraction of sp³-hybridized carbons (Fsp3) is 0.500. The second-order valence-electron chi connectivity index (χ2n) is 2.33. The van der Waals surface area contributed by atoms with Crippen LogP contribution in [0, 0.1) is 11.8 Å². The number of rotatable bonds is 3. The molecule has 1 unspecified atom stereocenters. The van der Waals surface area contributed by atoms with Crippen molar-refractivity contribution >= 4 is 6.29 Å². The smallest absolute Gasteiger partial charge is 0.127 e. The highest BCUT2D eigenvalue weighted by Gasteiger charge is 2.06. The maximum absolute atomic E-state index is 10.2. The van der Waals surface area contributed by atoms with Gasteiger partial charge in [0.15, 0.2) is 0 Å². The van der Waals surface area contributed by atoms with Gasteiger partial charge in [0, 0.05) is 5.92 Å². The van der Waals surface area contributed by atoms with Gasteiger partial charge in [-0.2, -0.15) is 0 Å². The largest absolute Gasteiger partial charge is 0.303 e. The van der Waals surface area contributed by atoms with Crippen LogP contribution < -0.4 is 0 Å².